The molecule has 5 nitrogen and oxygen atoms in total. The Morgan fingerprint density at radius 2 is 0.867 bits per heavy atom. The van der Waals surface area contributed by atoms with Gasteiger partial charge in [0.2, 0.25) is 0 Å². The molecule has 268 valence electrons. The summed E-state index contributed by atoms with van der Waals surface area (Å²) in [4.78, 5) is 24.2. The van der Waals surface area contributed by atoms with Crippen molar-refractivity contribution in [3.05, 3.63) is 0 Å². The molecule has 0 radical (unpaired) electrons. The Morgan fingerprint density at radius 1 is 0.511 bits per heavy atom. The molecule has 1 N–H and O–H groups in total. The molecule has 1 unspecified atom stereocenters. The number of hydrogen-bond acceptors (Lipinski definition) is 5. The van der Waals surface area contributed by atoms with Crippen LogP contribution in [0.4, 0.5) is 0 Å². The normalized spacial score (nSPS) is 12.8. The average molecular weight is 639 g/mol. The van der Waals surface area contributed by atoms with Gasteiger partial charge in [0.15, 0.2) is 6.10 Å². The molecule has 5 heteroatoms. The minimum Gasteiger partial charge on any atom is -0.462 e. The summed E-state index contributed by atoms with van der Waals surface area (Å²) in [6, 6.07) is 0. The molecule has 0 aliphatic carbocycles. The summed E-state index contributed by atoms with van der Waals surface area (Å²) in [5, 5.41) is 9.55. The third kappa shape index (κ3) is 34.1. The average Bonchev–Trinajstić information content (AvgIpc) is 3.02. The van der Waals surface area contributed by atoms with E-state index in [1.54, 1.807) is 0 Å². The van der Waals surface area contributed by atoms with Crippen molar-refractivity contribution in [2.24, 2.45) is 11.8 Å². The molecule has 0 amide bonds. The van der Waals surface area contributed by atoms with Gasteiger partial charge in [-0.3, -0.25) is 9.59 Å². The molecular formula is C40H78O5. The van der Waals surface area contributed by atoms with Crippen LogP contribution in [-0.4, -0.2) is 36.4 Å². The van der Waals surface area contributed by atoms with E-state index < -0.39 is 6.10 Å². The van der Waals surface area contributed by atoms with Crippen molar-refractivity contribution in [1.82, 2.24) is 0 Å². The maximum absolute atomic E-state index is 12.2. The topological polar surface area (TPSA) is 72.8 Å². The molecule has 0 aliphatic rings. The zero-order valence-corrected chi connectivity index (χ0v) is 30.7. The minimum absolute atomic E-state index is 0.0588. The first-order chi connectivity index (χ1) is 21.9. The fourth-order valence-electron chi connectivity index (χ4n) is 5.95. The smallest absolute Gasteiger partial charge is 0.306 e. The highest BCUT2D eigenvalue weighted by atomic mass is 16.6. The Morgan fingerprint density at radius 3 is 1.24 bits per heavy atom. The predicted molar refractivity (Wildman–Crippen MR) is 191 cm³/mol. The van der Waals surface area contributed by atoms with Crippen molar-refractivity contribution in [2.75, 3.05) is 13.2 Å². The van der Waals surface area contributed by atoms with Crippen LogP contribution in [0.3, 0.4) is 0 Å². The van der Waals surface area contributed by atoms with E-state index >= 15 is 0 Å². The summed E-state index contributed by atoms with van der Waals surface area (Å²) in [6.45, 7) is 8.88. The lowest BCUT2D eigenvalue weighted by molar-refractivity contribution is -0.161. The van der Waals surface area contributed by atoms with E-state index in [2.05, 4.69) is 27.7 Å². The van der Waals surface area contributed by atoms with E-state index in [1.165, 1.54) is 135 Å². The molecule has 45 heavy (non-hydrogen) atoms. The maximum atomic E-state index is 12.2. The third-order valence-electron chi connectivity index (χ3n) is 9.37. The number of aliphatic hydroxyl groups is 1. The monoisotopic (exact) mass is 639 g/mol. The summed E-state index contributed by atoms with van der Waals surface area (Å²) in [6.07, 6.45) is 34.4. The number of hydrogen-bond donors (Lipinski definition) is 1. The van der Waals surface area contributed by atoms with Crippen LogP contribution in [-0.2, 0) is 19.1 Å². The SMILES string of the molecule is CCC(C)CCCCCCCCCCCCC(=O)OC[C@H](CO)OC(=O)CCCCCCCCCCCCCCCCC(C)C. The fourth-order valence-corrected chi connectivity index (χ4v) is 5.95. The minimum atomic E-state index is -0.763. The van der Waals surface area contributed by atoms with Gasteiger partial charge in [-0.1, -0.05) is 188 Å². The number of carbonyl (C=O) groups excluding carboxylic acids is 2. The largest absolute Gasteiger partial charge is 0.462 e. The molecule has 0 spiro atoms. The number of carbonyl (C=O) groups is 2. The molecular weight excluding hydrogens is 560 g/mol. The molecule has 0 saturated carbocycles. The third-order valence-corrected chi connectivity index (χ3v) is 9.37. The van der Waals surface area contributed by atoms with E-state index in [1.807, 2.05) is 0 Å². The van der Waals surface area contributed by atoms with E-state index in [0.29, 0.717) is 12.8 Å². The van der Waals surface area contributed by atoms with Gasteiger partial charge in [0.25, 0.3) is 0 Å². The number of unbranched alkanes of at least 4 members (excludes halogenated alkanes) is 22. The highest BCUT2D eigenvalue weighted by Gasteiger charge is 2.16. The van der Waals surface area contributed by atoms with Crippen molar-refractivity contribution in [3.63, 3.8) is 0 Å². The van der Waals surface area contributed by atoms with Crippen LogP contribution in [0.5, 0.6) is 0 Å². The Hall–Kier alpha value is -1.10. The second-order valence-electron chi connectivity index (χ2n) is 14.4. The number of rotatable bonds is 35. The van der Waals surface area contributed by atoms with E-state index in [4.69, 9.17) is 9.47 Å². The Kier molecular flexibility index (Phi) is 33.4. The summed E-state index contributed by atoms with van der Waals surface area (Å²) >= 11 is 0. The lowest BCUT2D eigenvalue weighted by Gasteiger charge is -2.15. The standard InChI is InChI=1S/C40H78O5/c1-5-37(4)31-27-23-19-15-12-13-16-20-24-28-32-39(42)44-35-38(34-41)45-40(43)33-29-25-21-17-11-9-7-6-8-10-14-18-22-26-30-36(2)3/h36-38,41H,5-35H2,1-4H3/t37?,38-/m0/s1. The molecule has 0 fully saturated rings. The van der Waals surface area contributed by atoms with Gasteiger partial charge in [-0.15, -0.1) is 0 Å². The first kappa shape index (κ1) is 43.9. The van der Waals surface area contributed by atoms with E-state index in [9.17, 15) is 14.7 Å². The fraction of sp³-hybridized carbons (Fsp3) is 0.950. The van der Waals surface area contributed by atoms with Crippen molar-refractivity contribution in [3.8, 4) is 0 Å². The van der Waals surface area contributed by atoms with Gasteiger partial charge in [-0.05, 0) is 24.7 Å². The molecule has 2 atom stereocenters. The van der Waals surface area contributed by atoms with Crippen molar-refractivity contribution < 1.29 is 24.2 Å². The van der Waals surface area contributed by atoms with Crippen molar-refractivity contribution in [1.29, 1.82) is 0 Å². The first-order valence-corrected chi connectivity index (χ1v) is 19.8. The zero-order chi connectivity index (χ0) is 33.2. The van der Waals surface area contributed by atoms with Gasteiger partial charge < -0.3 is 14.6 Å². The lowest BCUT2D eigenvalue weighted by atomic mass is 9.99. The van der Waals surface area contributed by atoms with Crippen LogP contribution in [0.25, 0.3) is 0 Å². The molecule has 0 aromatic heterocycles. The maximum Gasteiger partial charge on any atom is 0.306 e. The van der Waals surface area contributed by atoms with E-state index in [0.717, 1.165) is 50.4 Å². The second-order valence-corrected chi connectivity index (χ2v) is 14.4. The molecule has 0 aliphatic heterocycles. The highest BCUT2D eigenvalue weighted by Crippen LogP contribution is 2.17. The van der Waals surface area contributed by atoms with Crippen LogP contribution in [0.2, 0.25) is 0 Å². The number of esters is 2. The first-order valence-electron chi connectivity index (χ1n) is 19.8. The predicted octanol–water partition coefficient (Wildman–Crippen LogP) is 12.1. The van der Waals surface area contributed by atoms with Crippen molar-refractivity contribution in [2.45, 2.75) is 220 Å². The van der Waals surface area contributed by atoms with Crippen LogP contribution in [0.1, 0.15) is 214 Å². The molecule has 0 heterocycles. The van der Waals surface area contributed by atoms with Gasteiger partial charge in [0.1, 0.15) is 6.61 Å². The van der Waals surface area contributed by atoms with Crippen LogP contribution in [0, 0.1) is 11.8 Å². The van der Waals surface area contributed by atoms with E-state index in [-0.39, 0.29) is 25.2 Å². The summed E-state index contributed by atoms with van der Waals surface area (Å²) in [7, 11) is 0. The molecule has 0 saturated heterocycles. The molecule has 0 rings (SSSR count). The quantitative estimate of drug-likeness (QED) is 0.0552. The van der Waals surface area contributed by atoms with Gasteiger partial charge in [0, 0.05) is 12.8 Å². The van der Waals surface area contributed by atoms with Gasteiger partial charge in [0.05, 0.1) is 6.61 Å². The summed E-state index contributed by atoms with van der Waals surface area (Å²) in [5.74, 6) is 1.15. The molecule has 0 aromatic carbocycles. The van der Waals surface area contributed by atoms with Crippen LogP contribution in [0.15, 0.2) is 0 Å². The lowest BCUT2D eigenvalue weighted by Crippen LogP contribution is -2.28. The van der Waals surface area contributed by atoms with Gasteiger partial charge in [-0.2, -0.15) is 0 Å². The summed E-state index contributed by atoms with van der Waals surface area (Å²) in [5.41, 5.74) is 0. The Labute approximate surface area is 280 Å². The van der Waals surface area contributed by atoms with Crippen LogP contribution >= 0.6 is 0 Å². The Bertz CT molecular complexity index is 634. The Balaban J connectivity index is 3.51. The zero-order valence-electron chi connectivity index (χ0n) is 30.7. The summed E-state index contributed by atoms with van der Waals surface area (Å²) < 4.78 is 10.6. The second kappa shape index (κ2) is 34.2. The number of ether oxygens (including phenoxy) is 2. The number of aliphatic hydroxyl groups excluding tert-OH is 1. The van der Waals surface area contributed by atoms with Crippen molar-refractivity contribution >= 4 is 11.9 Å². The highest BCUT2D eigenvalue weighted by molar-refractivity contribution is 5.70. The van der Waals surface area contributed by atoms with Gasteiger partial charge >= 0.3 is 11.9 Å². The van der Waals surface area contributed by atoms with Gasteiger partial charge in [-0.25, -0.2) is 0 Å². The van der Waals surface area contributed by atoms with Crippen LogP contribution < -0.4 is 0 Å². The molecule has 0 bridgehead atoms. The molecule has 0 aromatic rings.